The van der Waals surface area contributed by atoms with Crippen LogP contribution in [0.2, 0.25) is 0 Å². The van der Waals surface area contributed by atoms with E-state index in [4.69, 9.17) is 4.89 Å². The second-order valence-corrected chi connectivity index (χ2v) is 4.53. The summed E-state index contributed by atoms with van der Waals surface area (Å²) in [6, 6.07) is 9.08. The molecule has 72 valence electrons. The monoisotopic (exact) mass is 204 g/mol. The molecule has 0 heterocycles. The minimum atomic E-state index is -4.01. The van der Waals surface area contributed by atoms with Crippen molar-refractivity contribution in [3.63, 3.8) is 0 Å². The van der Waals surface area contributed by atoms with Crippen LogP contribution in [0, 0.1) is 0 Å². The molecular formula is C8H10FO3P. The summed E-state index contributed by atoms with van der Waals surface area (Å²) in [7, 11) is -4.01. The lowest BCUT2D eigenvalue weighted by atomic mass is 10.2. The summed E-state index contributed by atoms with van der Waals surface area (Å²) < 4.78 is 25.1. The van der Waals surface area contributed by atoms with Gasteiger partial charge in [0.15, 0.2) is 0 Å². The number of hydrogen-bond donors (Lipinski definition) is 1. The van der Waals surface area contributed by atoms with E-state index >= 15 is 0 Å². The van der Waals surface area contributed by atoms with Crippen molar-refractivity contribution in [3.05, 3.63) is 35.9 Å². The molecule has 0 saturated heterocycles. The fourth-order valence-electron chi connectivity index (χ4n) is 0.950. The van der Waals surface area contributed by atoms with Crippen molar-refractivity contribution in [2.24, 2.45) is 0 Å². The third-order valence-corrected chi connectivity index (χ3v) is 2.64. The summed E-state index contributed by atoms with van der Waals surface area (Å²) in [6.07, 6.45) is 0.131. The molecule has 0 aromatic heterocycles. The van der Waals surface area contributed by atoms with Gasteiger partial charge in [-0.25, -0.2) is 0 Å². The van der Waals surface area contributed by atoms with Crippen LogP contribution in [0.4, 0.5) is 4.53 Å². The Hall–Kier alpha value is -0.700. The molecule has 1 aromatic rings. The van der Waals surface area contributed by atoms with Crippen LogP contribution in [0.25, 0.3) is 0 Å². The number of halogens is 1. The van der Waals surface area contributed by atoms with Crippen LogP contribution in [0.15, 0.2) is 30.3 Å². The number of hydrogen-bond acceptors (Lipinski definition) is 2. The highest BCUT2D eigenvalue weighted by Crippen LogP contribution is 2.42. The molecule has 0 spiro atoms. The van der Waals surface area contributed by atoms with Crippen LogP contribution in [0.3, 0.4) is 0 Å². The van der Waals surface area contributed by atoms with Gasteiger partial charge in [-0.1, -0.05) is 30.3 Å². The predicted molar refractivity (Wildman–Crippen MR) is 47.0 cm³/mol. The Labute approximate surface area is 75.6 Å². The Kier molecular flexibility index (Phi) is 3.60. The normalized spacial score (nSPS) is 15.2. The van der Waals surface area contributed by atoms with E-state index in [9.17, 15) is 9.09 Å². The van der Waals surface area contributed by atoms with Crippen molar-refractivity contribution in [2.45, 2.75) is 6.42 Å². The lowest BCUT2D eigenvalue weighted by molar-refractivity contribution is -0.0187. The number of benzene rings is 1. The van der Waals surface area contributed by atoms with Crippen LogP contribution in [0.5, 0.6) is 0 Å². The predicted octanol–water partition coefficient (Wildman–Crippen LogP) is 2.32. The molecule has 1 aromatic carbocycles. The van der Waals surface area contributed by atoms with E-state index in [0.717, 1.165) is 5.56 Å². The van der Waals surface area contributed by atoms with Crippen LogP contribution in [-0.2, 0) is 15.7 Å². The lowest BCUT2D eigenvalue weighted by Gasteiger charge is -2.04. The second-order valence-electron chi connectivity index (χ2n) is 2.67. The Morgan fingerprint density at radius 1 is 1.38 bits per heavy atom. The van der Waals surface area contributed by atoms with Crippen LogP contribution < -0.4 is 0 Å². The molecule has 1 N–H and O–H groups in total. The minimum absolute atomic E-state index is 0.201. The topological polar surface area (TPSA) is 46.5 Å². The molecule has 1 atom stereocenters. The first-order valence-corrected chi connectivity index (χ1v) is 5.56. The Balaban J connectivity index is 2.49. The molecule has 0 amide bonds. The standard InChI is InChI=1S/C8H10FO3P/c9-12-13(10,11)7-6-8-4-2-1-3-5-8/h1-5H,6-7H2,(H,10,11). The van der Waals surface area contributed by atoms with Gasteiger partial charge in [0, 0.05) is 0 Å². The van der Waals surface area contributed by atoms with Gasteiger partial charge >= 0.3 is 7.60 Å². The molecule has 1 unspecified atom stereocenters. The Morgan fingerprint density at radius 2 is 2.00 bits per heavy atom. The fraction of sp³-hybridized carbons (Fsp3) is 0.250. The van der Waals surface area contributed by atoms with Gasteiger partial charge in [0.25, 0.3) is 0 Å². The third kappa shape index (κ3) is 3.68. The van der Waals surface area contributed by atoms with Gasteiger partial charge in [0.05, 0.1) is 6.16 Å². The largest absolute Gasteiger partial charge is 0.361 e. The van der Waals surface area contributed by atoms with Crippen LogP contribution in [-0.4, -0.2) is 11.1 Å². The zero-order valence-electron chi connectivity index (χ0n) is 6.89. The van der Waals surface area contributed by atoms with Crippen molar-refractivity contribution >= 4 is 7.60 Å². The Bertz CT molecular complexity index is 302. The van der Waals surface area contributed by atoms with E-state index < -0.39 is 7.60 Å². The Morgan fingerprint density at radius 3 is 2.54 bits per heavy atom. The van der Waals surface area contributed by atoms with E-state index in [2.05, 4.69) is 4.73 Å². The molecule has 0 radical (unpaired) electrons. The van der Waals surface area contributed by atoms with E-state index in [1.54, 1.807) is 12.1 Å². The molecule has 1 rings (SSSR count). The molecule has 3 nitrogen and oxygen atoms in total. The van der Waals surface area contributed by atoms with Crippen molar-refractivity contribution in [1.29, 1.82) is 0 Å². The molecule has 0 bridgehead atoms. The summed E-state index contributed by atoms with van der Waals surface area (Å²) in [5, 5.41) is 0. The zero-order chi connectivity index (χ0) is 9.73. The highest BCUT2D eigenvalue weighted by atomic mass is 31.2. The molecule has 0 aliphatic carbocycles. The van der Waals surface area contributed by atoms with Gasteiger partial charge in [0.2, 0.25) is 0 Å². The van der Waals surface area contributed by atoms with E-state index in [1.807, 2.05) is 18.2 Å². The smallest absolute Gasteiger partial charge is 0.323 e. The first-order valence-electron chi connectivity index (χ1n) is 3.80. The average Bonchev–Trinajstić information content (AvgIpc) is 2.17. The van der Waals surface area contributed by atoms with Crippen molar-refractivity contribution in [3.8, 4) is 0 Å². The van der Waals surface area contributed by atoms with Gasteiger partial charge in [-0.15, -0.1) is 4.73 Å². The zero-order valence-corrected chi connectivity index (χ0v) is 7.78. The fourth-order valence-corrected chi connectivity index (χ4v) is 1.56. The second kappa shape index (κ2) is 4.51. The molecule has 0 aliphatic rings. The number of rotatable bonds is 4. The van der Waals surface area contributed by atoms with Gasteiger partial charge in [-0.2, -0.15) is 0 Å². The summed E-state index contributed by atoms with van der Waals surface area (Å²) in [6.45, 7) is 0. The molecule has 5 heteroatoms. The van der Waals surface area contributed by atoms with Crippen molar-refractivity contribution < 1.29 is 18.7 Å². The molecule has 0 aliphatic heterocycles. The van der Waals surface area contributed by atoms with E-state index in [0.29, 0.717) is 6.42 Å². The maximum atomic E-state index is 11.5. The molecule has 0 fully saturated rings. The SMILES string of the molecule is O=P(O)(CCc1ccccc1)OF. The van der Waals surface area contributed by atoms with Gasteiger partial charge in [-0.05, 0) is 16.5 Å². The molecule has 13 heavy (non-hydrogen) atoms. The quantitative estimate of drug-likeness (QED) is 0.765. The minimum Gasteiger partial charge on any atom is -0.323 e. The first-order chi connectivity index (χ1) is 6.14. The van der Waals surface area contributed by atoms with Gasteiger partial charge in [0.1, 0.15) is 0 Å². The van der Waals surface area contributed by atoms with Crippen molar-refractivity contribution in [2.75, 3.05) is 6.16 Å². The first kappa shape index (κ1) is 10.4. The highest BCUT2D eigenvalue weighted by molar-refractivity contribution is 7.52. The summed E-state index contributed by atoms with van der Waals surface area (Å²) in [4.78, 5) is 8.74. The summed E-state index contributed by atoms with van der Waals surface area (Å²) in [5.41, 5.74) is 0.883. The van der Waals surface area contributed by atoms with Gasteiger partial charge < -0.3 is 4.89 Å². The summed E-state index contributed by atoms with van der Waals surface area (Å²) >= 11 is 0. The van der Waals surface area contributed by atoms with Crippen LogP contribution >= 0.6 is 7.60 Å². The molecule has 0 saturated carbocycles. The maximum absolute atomic E-state index is 11.5. The van der Waals surface area contributed by atoms with Crippen molar-refractivity contribution in [1.82, 2.24) is 0 Å². The van der Waals surface area contributed by atoms with E-state index in [1.165, 1.54) is 0 Å². The maximum Gasteiger partial charge on any atom is 0.361 e. The van der Waals surface area contributed by atoms with Gasteiger partial charge in [-0.3, -0.25) is 4.57 Å². The van der Waals surface area contributed by atoms with E-state index in [-0.39, 0.29) is 6.16 Å². The molecular weight excluding hydrogens is 194 g/mol. The summed E-state index contributed by atoms with van der Waals surface area (Å²) in [5.74, 6) is 0. The van der Waals surface area contributed by atoms with Crippen LogP contribution in [0.1, 0.15) is 5.56 Å². The number of aryl methyl sites for hydroxylation is 1. The third-order valence-electron chi connectivity index (χ3n) is 1.63. The average molecular weight is 204 g/mol. The lowest BCUT2D eigenvalue weighted by Crippen LogP contribution is -1.94. The highest BCUT2D eigenvalue weighted by Gasteiger charge is 2.19.